The van der Waals surface area contributed by atoms with Gasteiger partial charge in [0.25, 0.3) is 0 Å². The van der Waals surface area contributed by atoms with E-state index in [-0.39, 0.29) is 16.6 Å². The molecule has 0 aliphatic carbocycles. The van der Waals surface area contributed by atoms with Gasteiger partial charge in [0.05, 0.1) is 17.1 Å². The minimum atomic E-state index is -4.78. The highest BCUT2D eigenvalue weighted by Gasteiger charge is 2.49. The number of rotatable bonds is 6. The second-order valence-electron chi connectivity index (χ2n) is 12.7. The Morgan fingerprint density at radius 2 is 1.73 bits per heavy atom. The van der Waals surface area contributed by atoms with Crippen molar-refractivity contribution in [1.82, 2.24) is 15.1 Å². The lowest BCUT2D eigenvalue weighted by Gasteiger charge is -2.42. The number of para-hydroxylation sites is 2. The summed E-state index contributed by atoms with van der Waals surface area (Å²) in [6.45, 7) is 9.84. The third kappa shape index (κ3) is 6.54. The number of piperidine rings is 1. The van der Waals surface area contributed by atoms with E-state index in [0.717, 1.165) is 38.0 Å². The predicted molar refractivity (Wildman–Crippen MR) is 169 cm³/mol. The average molecular weight is 662 g/mol. The number of likely N-dealkylation sites (tertiary alicyclic amines) is 1. The molecule has 45 heavy (non-hydrogen) atoms. The Morgan fingerprint density at radius 3 is 2.40 bits per heavy atom. The van der Waals surface area contributed by atoms with Crippen molar-refractivity contribution in [2.24, 2.45) is 5.41 Å². The summed E-state index contributed by atoms with van der Waals surface area (Å²) in [5, 5.41) is 24.1. The summed E-state index contributed by atoms with van der Waals surface area (Å²) in [5.74, 6) is -1.54. The van der Waals surface area contributed by atoms with E-state index in [1.807, 2.05) is 29.2 Å². The summed E-state index contributed by atoms with van der Waals surface area (Å²) in [6.07, 6.45) is -3.17. The molecule has 0 atom stereocenters. The maximum atomic E-state index is 15.0. The minimum Gasteiger partial charge on any atom is -0.503 e. The van der Waals surface area contributed by atoms with E-state index in [2.05, 4.69) is 45.9 Å². The normalized spacial score (nSPS) is 16.7. The Balaban J connectivity index is 1.29. The van der Waals surface area contributed by atoms with Crippen molar-refractivity contribution in [3.05, 3.63) is 71.0 Å². The van der Waals surface area contributed by atoms with Crippen LogP contribution in [-0.2, 0) is 5.41 Å². The highest BCUT2D eigenvalue weighted by Crippen LogP contribution is 2.57. The smallest absolute Gasteiger partial charge is 0.503 e. The van der Waals surface area contributed by atoms with Gasteiger partial charge in [0.1, 0.15) is 10.8 Å². The standard InChI is InChI=1S/C32H32ClF4N5O2S/c1-30(2,3)17-41-14-12-31(13-15-41)18-42(26-25(31)21(33)16-22(34)27(26)43)24-7-5-4-6-23(24)38-29-40-39-28(45-29)19-8-10-20(11-9-19)44-32(35,36)37/h4-11,16,43H,12-15,17-18H2,1-3H3,(H,38,40). The van der Waals surface area contributed by atoms with E-state index in [4.69, 9.17) is 11.6 Å². The first-order valence-corrected chi connectivity index (χ1v) is 15.7. The molecule has 6 rings (SSSR count). The number of nitrogens with zero attached hydrogens (tertiary/aromatic N) is 4. The molecular weight excluding hydrogens is 630 g/mol. The summed E-state index contributed by atoms with van der Waals surface area (Å²) in [4.78, 5) is 4.38. The van der Waals surface area contributed by atoms with Crippen molar-refractivity contribution in [3.63, 3.8) is 0 Å². The molecule has 1 saturated heterocycles. The van der Waals surface area contributed by atoms with Crippen LogP contribution in [0.25, 0.3) is 10.6 Å². The van der Waals surface area contributed by atoms with Gasteiger partial charge < -0.3 is 25.0 Å². The summed E-state index contributed by atoms with van der Waals surface area (Å²) < 4.78 is 56.6. The summed E-state index contributed by atoms with van der Waals surface area (Å²) in [6, 6.07) is 14.1. The number of nitrogens with one attached hydrogen (secondary N) is 1. The Hall–Kier alpha value is -3.61. The first-order chi connectivity index (χ1) is 21.2. The summed E-state index contributed by atoms with van der Waals surface area (Å²) in [5.41, 5.74) is 2.85. The fraction of sp³-hybridized carbons (Fsp3) is 0.375. The van der Waals surface area contributed by atoms with Gasteiger partial charge in [0.15, 0.2) is 11.6 Å². The Kier molecular flexibility index (Phi) is 8.11. The van der Waals surface area contributed by atoms with E-state index in [1.165, 1.54) is 41.7 Å². The lowest BCUT2D eigenvalue weighted by Crippen LogP contribution is -2.47. The van der Waals surface area contributed by atoms with Crippen LogP contribution in [0.2, 0.25) is 5.02 Å². The SMILES string of the molecule is CC(C)(C)CN1CCC2(CC1)CN(c1ccccc1Nc1nnc(-c3ccc(OC(F)(F)F)cc3)s1)c1c(O)c(F)cc(Cl)c12. The molecule has 3 aromatic carbocycles. The molecule has 0 amide bonds. The summed E-state index contributed by atoms with van der Waals surface area (Å²) in [7, 11) is 0. The third-order valence-corrected chi connectivity index (χ3v) is 9.33. The monoisotopic (exact) mass is 661 g/mol. The molecule has 0 radical (unpaired) electrons. The second-order valence-corrected chi connectivity index (χ2v) is 14.1. The van der Waals surface area contributed by atoms with Crippen LogP contribution in [0.1, 0.15) is 39.2 Å². The highest BCUT2D eigenvalue weighted by molar-refractivity contribution is 7.18. The van der Waals surface area contributed by atoms with Gasteiger partial charge in [-0.2, -0.15) is 0 Å². The van der Waals surface area contributed by atoms with E-state index in [0.29, 0.717) is 44.3 Å². The first-order valence-electron chi connectivity index (χ1n) is 14.5. The molecule has 3 heterocycles. The number of anilines is 4. The predicted octanol–water partition coefficient (Wildman–Crippen LogP) is 8.88. The molecule has 7 nitrogen and oxygen atoms in total. The number of aromatic nitrogens is 2. The van der Waals surface area contributed by atoms with Crippen molar-refractivity contribution >= 4 is 45.1 Å². The molecule has 2 aliphatic rings. The number of alkyl halides is 3. The van der Waals surface area contributed by atoms with Crippen LogP contribution in [0.15, 0.2) is 54.6 Å². The van der Waals surface area contributed by atoms with Crippen molar-refractivity contribution in [2.75, 3.05) is 36.4 Å². The molecule has 2 N–H and O–H groups in total. The van der Waals surface area contributed by atoms with E-state index in [9.17, 15) is 22.7 Å². The van der Waals surface area contributed by atoms with Crippen LogP contribution in [0.4, 0.5) is 39.8 Å². The van der Waals surface area contributed by atoms with Gasteiger partial charge in [-0.25, -0.2) is 4.39 Å². The maximum absolute atomic E-state index is 15.0. The third-order valence-electron chi connectivity index (χ3n) is 8.15. The maximum Gasteiger partial charge on any atom is 0.573 e. The van der Waals surface area contributed by atoms with Gasteiger partial charge in [-0.3, -0.25) is 0 Å². The van der Waals surface area contributed by atoms with Crippen molar-refractivity contribution < 1.29 is 27.4 Å². The zero-order valence-corrected chi connectivity index (χ0v) is 26.5. The van der Waals surface area contributed by atoms with Crippen molar-refractivity contribution in [3.8, 4) is 22.1 Å². The zero-order valence-electron chi connectivity index (χ0n) is 24.9. The van der Waals surface area contributed by atoms with Crippen molar-refractivity contribution in [2.45, 2.75) is 45.4 Å². The highest BCUT2D eigenvalue weighted by atomic mass is 35.5. The number of halogens is 5. The van der Waals surface area contributed by atoms with Crippen LogP contribution < -0.4 is 15.0 Å². The van der Waals surface area contributed by atoms with Gasteiger partial charge in [0, 0.05) is 34.7 Å². The zero-order chi connectivity index (χ0) is 32.1. The number of aromatic hydroxyl groups is 1. The lowest BCUT2D eigenvalue weighted by molar-refractivity contribution is -0.274. The molecule has 0 unspecified atom stereocenters. The van der Waals surface area contributed by atoms with Crippen LogP contribution in [-0.4, -0.2) is 52.7 Å². The molecule has 4 aromatic rings. The van der Waals surface area contributed by atoms with E-state index < -0.39 is 17.9 Å². The fourth-order valence-electron chi connectivity index (χ4n) is 6.37. The molecule has 2 aliphatic heterocycles. The van der Waals surface area contributed by atoms with Gasteiger partial charge in [-0.15, -0.1) is 23.4 Å². The molecule has 1 fully saturated rings. The number of ether oxygens (including phenoxy) is 1. The first kappa shape index (κ1) is 31.4. The molecule has 1 spiro atoms. The molecule has 0 saturated carbocycles. The van der Waals surface area contributed by atoms with Gasteiger partial charge >= 0.3 is 6.36 Å². The molecule has 0 bridgehead atoms. The summed E-state index contributed by atoms with van der Waals surface area (Å²) >= 11 is 7.97. The second kappa shape index (κ2) is 11.6. The number of phenolic OH excluding ortho intramolecular Hbond substituents is 1. The van der Waals surface area contributed by atoms with Crippen LogP contribution in [0, 0.1) is 11.2 Å². The number of fused-ring (bicyclic) bond motifs is 2. The number of hydrogen-bond donors (Lipinski definition) is 2. The largest absolute Gasteiger partial charge is 0.573 e. The Labute approximate surface area is 267 Å². The van der Waals surface area contributed by atoms with Crippen LogP contribution >= 0.6 is 22.9 Å². The fourth-order valence-corrected chi connectivity index (χ4v) is 7.51. The number of hydrogen-bond acceptors (Lipinski definition) is 8. The van der Waals surface area contributed by atoms with E-state index >= 15 is 0 Å². The molecular formula is C32H32ClF4N5O2S. The molecule has 238 valence electrons. The quantitative estimate of drug-likeness (QED) is 0.200. The molecule has 1 aromatic heterocycles. The van der Waals surface area contributed by atoms with Gasteiger partial charge in [0.2, 0.25) is 5.13 Å². The number of phenols is 1. The lowest BCUT2D eigenvalue weighted by atomic mass is 9.74. The topological polar surface area (TPSA) is 73.8 Å². The Morgan fingerprint density at radius 1 is 1.04 bits per heavy atom. The Bertz CT molecular complexity index is 1700. The van der Waals surface area contributed by atoms with E-state index in [1.54, 1.807) is 0 Å². The van der Waals surface area contributed by atoms with Gasteiger partial charge in [-0.05, 0) is 73.8 Å². The van der Waals surface area contributed by atoms with Gasteiger partial charge in [-0.1, -0.05) is 55.8 Å². The van der Waals surface area contributed by atoms with Crippen LogP contribution in [0.5, 0.6) is 11.5 Å². The molecule has 13 heteroatoms. The average Bonchev–Trinajstić information content (AvgIpc) is 3.56. The van der Waals surface area contributed by atoms with Crippen molar-refractivity contribution in [1.29, 1.82) is 0 Å². The minimum absolute atomic E-state index is 0.156. The number of benzene rings is 3. The van der Waals surface area contributed by atoms with Crippen LogP contribution in [0.3, 0.4) is 0 Å².